The fourth-order valence-electron chi connectivity index (χ4n) is 5.48. The second kappa shape index (κ2) is 12.0. The minimum Gasteiger partial charge on any atom is -0.377 e. The first-order valence-corrected chi connectivity index (χ1v) is 15.0. The van der Waals surface area contributed by atoms with Crippen molar-refractivity contribution in [2.75, 3.05) is 29.6 Å². The first kappa shape index (κ1) is 28.7. The van der Waals surface area contributed by atoms with Gasteiger partial charge in [0, 0.05) is 43.7 Å². The molecule has 1 saturated heterocycles. The van der Waals surface area contributed by atoms with Gasteiger partial charge in [0.25, 0.3) is 17.0 Å². The molecule has 0 saturated carbocycles. The number of aromatic amines is 1. The van der Waals surface area contributed by atoms with Crippen LogP contribution >= 0.6 is 23.5 Å². The molecule has 0 spiro atoms. The molecule has 1 aliphatic heterocycles. The Balaban J connectivity index is 1.49. The van der Waals surface area contributed by atoms with Crippen molar-refractivity contribution in [3.8, 4) is 0 Å². The Bertz CT molecular complexity index is 1730. The summed E-state index contributed by atoms with van der Waals surface area (Å²) in [4.78, 5) is 52.7. The molecule has 0 aliphatic carbocycles. The fourth-order valence-corrected chi connectivity index (χ4v) is 5.91. The number of carbonyl (C=O) groups is 1. The molecule has 214 valence electrons. The molecule has 0 bridgehead atoms. The van der Waals surface area contributed by atoms with Crippen molar-refractivity contribution in [3.05, 3.63) is 90.8 Å². The van der Waals surface area contributed by atoms with Crippen LogP contribution in [-0.4, -0.2) is 44.8 Å². The molecule has 1 aromatic carbocycles. The van der Waals surface area contributed by atoms with Crippen LogP contribution in [0.3, 0.4) is 0 Å². The molecule has 3 N–H and O–H groups in total. The van der Waals surface area contributed by atoms with Gasteiger partial charge >= 0.3 is 0 Å². The predicted molar refractivity (Wildman–Crippen MR) is 165 cm³/mol. The van der Waals surface area contributed by atoms with Crippen molar-refractivity contribution >= 4 is 52.0 Å². The van der Waals surface area contributed by atoms with Gasteiger partial charge in [0.1, 0.15) is 5.15 Å². The van der Waals surface area contributed by atoms with Gasteiger partial charge in [-0.1, -0.05) is 35.7 Å². The summed E-state index contributed by atoms with van der Waals surface area (Å²) in [6.45, 7) is 5.25. The van der Waals surface area contributed by atoms with Crippen LogP contribution in [0.4, 0.5) is 11.6 Å². The second-order valence-electron chi connectivity index (χ2n) is 10.3. The van der Waals surface area contributed by atoms with Crippen LogP contribution in [0.2, 0.25) is 5.15 Å². The average Bonchev–Trinajstić information content (AvgIpc) is 2.96. The highest BCUT2D eigenvalue weighted by Gasteiger charge is 2.26. The highest BCUT2D eigenvalue weighted by molar-refractivity contribution is 7.97. The number of aromatic nitrogens is 4. The van der Waals surface area contributed by atoms with Gasteiger partial charge < -0.3 is 15.2 Å². The number of amides is 1. The molecular formula is C29H32ClN7O3S. The Morgan fingerprint density at radius 2 is 1.93 bits per heavy atom. The zero-order valence-electron chi connectivity index (χ0n) is 23.3. The zero-order valence-corrected chi connectivity index (χ0v) is 24.9. The first-order chi connectivity index (χ1) is 19.7. The topological polar surface area (TPSA) is 125 Å². The van der Waals surface area contributed by atoms with Crippen molar-refractivity contribution in [2.24, 2.45) is 7.05 Å². The lowest BCUT2D eigenvalue weighted by molar-refractivity contribution is 0.0980. The zero-order chi connectivity index (χ0) is 29.3. The van der Waals surface area contributed by atoms with Crippen molar-refractivity contribution < 1.29 is 4.79 Å². The lowest BCUT2D eigenvalue weighted by Crippen LogP contribution is -2.38. The monoisotopic (exact) mass is 593 g/mol. The molecular weight excluding hydrogens is 562 g/mol. The summed E-state index contributed by atoms with van der Waals surface area (Å²) in [5, 5.41) is 4.13. The minimum absolute atomic E-state index is 0.0475. The van der Waals surface area contributed by atoms with E-state index in [1.54, 1.807) is 36.2 Å². The van der Waals surface area contributed by atoms with E-state index in [9.17, 15) is 14.4 Å². The summed E-state index contributed by atoms with van der Waals surface area (Å²) in [6, 6.07) is 10.6. The van der Waals surface area contributed by atoms with Crippen molar-refractivity contribution in [1.82, 2.24) is 24.2 Å². The van der Waals surface area contributed by atoms with Crippen LogP contribution in [0, 0.1) is 6.92 Å². The maximum atomic E-state index is 13.6. The summed E-state index contributed by atoms with van der Waals surface area (Å²) < 4.78 is 4.30. The van der Waals surface area contributed by atoms with Gasteiger partial charge in [0.2, 0.25) is 5.95 Å². The van der Waals surface area contributed by atoms with Crippen LogP contribution in [0.25, 0.3) is 10.9 Å². The van der Waals surface area contributed by atoms with Gasteiger partial charge in [-0.05, 0) is 62.4 Å². The Kier molecular flexibility index (Phi) is 8.37. The van der Waals surface area contributed by atoms with Gasteiger partial charge in [-0.15, -0.1) is 0 Å². The first-order valence-electron chi connectivity index (χ1n) is 13.4. The predicted octanol–water partition coefficient (Wildman–Crippen LogP) is 4.54. The van der Waals surface area contributed by atoms with E-state index in [2.05, 4.69) is 24.9 Å². The van der Waals surface area contributed by atoms with Crippen molar-refractivity contribution in [1.29, 1.82) is 0 Å². The van der Waals surface area contributed by atoms with E-state index in [1.165, 1.54) is 11.9 Å². The van der Waals surface area contributed by atoms with Gasteiger partial charge in [-0.2, -0.15) is 0 Å². The van der Waals surface area contributed by atoms with Crippen LogP contribution in [-0.2, 0) is 7.05 Å². The number of piperidine rings is 1. The van der Waals surface area contributed by atoms with Gasteiger partial charge in [-0.3, -0.25) is 23.7 Å². The standard InChI is InChI=1S/C29H32ClN7O3S/c1-16-14-20(17(2)32-22-7-8-23(30)33-25(22)27(39)35-41-4)24-21(15-16)28(40)36(3)29(34-24)37-12-9-18(10-13-37)19-6-5-11-31-26(19)38/h5-8,11,14-15,17-18,32H,9-10,12-13H2,1-4H3,(H,31,38)(H,35,39). The third kappa shape index (κ3) is 5.82. The van der Waals surface area contributed by atoms with Crippen LogP contribution in [0.5, 0.6) is 0 Å². The number of aryl methyl sites for hydroxylation is 1. The molecule has 10 nitrogen and oxygen atoms in total. The Morgan fingerprint density at radius 1 is 1.17 bits per heavy atom. The third-order valence-electron chi connectivity index (χ3n) is 7.51. The molecule has 1 fully saturated rings. The normalized spacial score (nSPS) is 14.7. The summed E-state index contributed by atoms with van der Waals surface area (Å²) in [5.41, 5.74) is 3.68. The molecule has 3 aromatic heterocycles. The Labute approximate surface area is 246 Å². The van der Waals surface area contributed by atoms with E-state index < -0.39 is 0 Å². The minimum atomic E-state index is -0.362. The van der Waals surface area contributed by atoms with E-state index in [1.807, 2.05) is 38.1 Å². The van der Waals surface area contributed by atoms with Gasteiger partial charge in [0.15, 0.2) is 5.69 Å². The summed E-state index contributed by atoms with van der Waals surface area (Å²) in [7, 11) is 1.75. The van der Waals surface area contributed by atoms with E-state index in [0.717, 1.165) is 29.5 Å². The highest BCUT2D eigenvalue weighted by Crippen LogP contribution is 2.31. The average molecular weight is 594 g/mol. The Morgan fingerprint density at radius 3 is 2.63 bits per heavy atom. The number of anilines is 2. The number of H-pyrrole nitrogens is 1. The largest absolute Gasteiger partial charge is 0.377 e. The van der Waals surface area contributed by atoms with Crippen LogP contribution in [0.1, 0.15) is 58.9 Å². The van der Waals surface area contributed by atoms with Gasteiger partial charge in [-0.25, -0.2) is 9.97 Å². The summed E-state index contributed by atoms with van der Waals surface area (Å²) >= 11 is 7.27. The second-order valence-corrected chi connectivity index (χ2v) is 11.3. The van der Waals surface area contributed by atoms with E-state index in [-0.39, 0.29) is 39.8 Å². The van der Waals surface area contributed by atoms with Crippen molar-refractivity contribution in [3.63, 3.8) is 0 Å². The molecule has 0 radical (unpaired) electrons. The quantitative estimate of drug-likeness (QED) is 0.211. The van der Waals surface area contributed by atoms with E-state index in [4.69, 9.17) is 16.6 Å². The fraction of sp³-hybridized carbons (Fsp3) is 0.345. The number of hydrogen-bond acceptors (Lipinski definition) is 8. The lowest BCUT2D eigenvalue weighted by atomic mass is 9.90. The Hall–Kier alpha value is -3.83. The lowest BCUT2D eigenvalue weighted by Gasteiger charge is -2.33. The molecule has 1 amide bonds. The number of nitrogens with zero attached hydrogens (tertiary/aromatic N) is 4. The third-order valence-corrected chi connectivity index (χ3v) is 8.11. The van der Waals surface area contributed by atoms with Gasteiger partial charge in [0.05, 0.1) is 22.6 Å². The number of benzene rings is 1. The number of rotatable bonds is 7. The summed E-state index contributed by atoms with van der Waals surface area (Å²) in [6.07, 6.45) is 4.97. The number of halogens is 1. The smallest absolute Gasteiger partial charge is 0.281 e. The number of carbonyl (C=O) groups excluding carboxylic acids is 1. The number of pyridine rings is 2. The molecule has 4 heterocycles. The number of nitrogens with one attached hydrogen (secondary N) is 3. The van der Waals surface area contributed by atoms with Crippen molar-refractivity contribution in [2.45, 2.75) is 38.6 Å². The van der Waals surface area contributed by atoms with Crippen LogP contribution in [0.15, 0.2) is 52.2 Å². The summed E-state index contributed by atoms with van der Waals surface area (Å²) in [5.74, 6) is 0.383. The molecule has 1 unspecified atom stereocenters. The highest BCUT2D eigenvalue weighted by atomic mass is 35.5. The molecule has 4 aromatic rings. The molecule has 5 rings (SSSR count). The maximum absolute atomic E-state index is 13.6. The molecule has 1 aliphatic rings. The van der Waals surface area contributed by atoms with E-state index >= 15 is 0 Å². The number of fused-ring (bicyclic) bond motifs is 1. The molecule has 12 heteroatoms. The maximum Gasteiger partial charge on any atom is 0.281 e. The SMILES string of the molecule is CSNC(=O)c1nc(Cl)ccc1NC(C)c1cc(C)cc2c(=O)n(C)c(N3CCC(c4ccc[nH]c4=O)CC3)nc12. The molecule has 41 heavy (non-hydrogen) atoms. The molecule has 1 atom stereocenters. The van der Waals surface area contributed by atoms with Crippen LogP contribution < -0.4 is 26.1 Å². The number of hydrogen-bond donors (Lipinski definition) is 3. The van der Waals surface area contributed by atoms with E-state index in [0.29, 0.717) is 35.6 Å².